The van der Waals surface area contributed by atoms with Crippen molar-refractivity contribution in [3.63, 3.8) is 0 Å². The van der Waals surface area contributed by atoms with Crippen molar-refractivity contribution in [3.05, 3.63) is 58.1 Å². The Kier molecular flexibility index (Phi) is 4.68. The molecule has 1 atom stereocenters. The summed E-state index contributed by atoms with van der Waals surface area (Å²) in [6.45, 7) is -0.0898. The highest BCUT2D eigenvalue weighted by atomic mass is 16.6. The molecule has 0 saturated heterocycles. The summed E-state index contributed by atoms with van der Waals surface area (Å²) in [7, 11) is 0. The number of nitrogens with one attached hydrogen (secondary N) is 1. The van der Waals surface area contributed by atoms with E-state index in [0.29, 0.717) is 12.2 Å². The van der Waals surface area contributed by atoms with Gasteiger partial charge in [0.2, 0.25) is 5.82 Å². The molecule has 0 aliphatic heterocycles. The molecule has 110 valence electrons. The number of aliphatic hydroxyl groups excluding tert-OH is 1. The zero-order chi connectivity index (χ0) is 15.2. The van der Waals surface area contributed by atoms with Gasteiger partial charge in [0.05, 0.1) is 17.6 Å². The van der Waals surface area contributed by atoms with Gasteiger partial charge in [0, 0.05) is 6.07 Å². The van der Waals surface area contributed by atoms with Crippen LogP contribution in [0, 0.1) is 10.1 Å². The van der Waals surface area contributed by atoms with Crippen LogP contribution in [0.15, 0.2) is 42.5 Å². The second-order valence-corrected chi connectivity index (χ2v) is 4.57. The number of aliphatic hydroxyl groups is 1. The van der Waals surface area contributed by atoms with Crippen LogP contribution in [0.4, 0.5) is 17.3 Å². The number of nitrogens with two attached hydrogens (primary N) is 1. The summed E-state index contributed by atoms with van der Waals surface area (Å²) in [5.74, 6) is 0.245. The molecule has 0 spiro atoms. The van der Waals surface area contributed by atoms with Crippen molar-refractivity contribution in [2.45, 2.75) is 12.5 Å². The molecule has 1 aromatic carbocycles. The van der Waals surface area contributed by atoms with E-state index in [0.717, 1.165) is 5.56 Å². The molecule has 0 aliphatic carbocycles. The van der Waals surface area contributed by atoms with Crippen LogP contribution in [0.25, 0.3) is 0 Å². The predicted octanol–water partition coefficient (Wildman–Crippen LogP) is 1.59. The number of anilines is 2. The number of benzene rings is 1. The van der Waals surface area contributed by atoms with Gasteiger partial charge < -0.3 is 16.2 Å². The molecular weight excluding hydrogens is 272 g/mol. The molecule has 4 N–H and O–H groups in total. The molecule has 0 bridgehead atoms. The van der Waals surface area contributed by atoms with Crippen LogP contribution in [0.3, 0.4) is 0 Å². The monoisotopic (exact) mass is 288 g/mol. The van der Waals surface area contributed by atoms with Gasteiger partial charge >= 0.3 is 5.69 Å². The predicted molar refractivity (Wildman–Crippen MR) is 79.9 cm³/mol. The Morgan fingerprint density at radius 3 is 2.57 bits per heavy atom. The second-order valence-electron chi connectivity index (χ2n) is 4.57. The second kappa shape index (κ2) is 6.67. The highest BCUT2D eigenvalue weighted by Crippen LogP contribution is 2.21. The highest BCUT2D eigenvalue weighted by Gasteiger charge is 2.15. The molecule has 21 heavy (non-hydrogen) atoms. The SMILES string of the molecule is Nc1nc(NC(CO)Cc2ccccc2)ccc1[N+](=O)[O-]. The van der Waals surface area contributed by atoms with Crippen molar-refractivity contribution in [2.24, 2.45) is 0 Å². The minimum Gasteiger partial charge on any atom is -0.394 e. The third-order valence-electron chi connectivity index (χ3n) is 3.00. The number of rotatable bonds is 6. The molecule has 7 nitrogen and oxygen atoms in total. The lowest BCUT2D eigenvalue weighted by molar-refractivity contribution is -0.384. The van der Waals surface area contributed by atoms with Gasteiger partial charge in [-0.1, -0.05) is 30.3 Å². The Morgan fingerprint density at radius 2 is 2.00 bits per heavy atom. The van der Waals surface area contributed by atoms with Crippen molar-refractivity contribution >= 4 is 17.3 Å². The van der Waals surface area contributed by atoms with Crippen LogP contribution >= 0.6 is 0 Å². The topological polar surface area (TPSA) is 114 Å². The van der Waals surface area contributed by atoms with Crippen molar-refractivity contribution in [2.75, 3.05) is 17.7 Å². The van der Waals surface area contributed by atoms with E-state index in [4.69, 9.17) is 5.73 Å². The lowest BCUT2D eigenvalue weighted by atomic mass is 10.1. The van der Waals surface area contributed by atoms with Gasteiger partial charge in [0.15, 0.2) is 0 Å². The van der Waals surface area contributed by atoms with Gasteiger partial charge in [-0.15, -0.1) is 0 Å². The molecule has 0 radical (unpaired) electrons. The third-order valence-corrected chi connectivity index (χ3v) is 3.00. The maximum absolute atomic E-state index is 10.7. The van der Waals surface area contributed by atoms with Gasteiger partial charge in [-0.25, -0.2) is 4.98 Å². The number of hydrogen-bond donors (Lipinski definition) is 3. The fourth-order valence-corrected chi connectivity index (χ4v) is 1.97. The van der Waals surface area contributed by atoms with E-state index in [2.05, 4.69) is 10.3 Å². The van der Waals surface area contributed by atoms with Gasteiger partial charge in [0.25, 0.3) is 0 Å². The molecule has 2 rings (SSSR count). The highest BCUT2D eigenvalue weighted by molar-refractivity contribution is 5.57. The van der Waals surface area contributed by atoms with Crippen LogP contribution in [0.1, 0.15) is 5.56 Å². The van der Waals surface area contributed by atoms with E-state index in [-0.39, 0.29) is 24.2 Å². The smallest absolute Gasteiger partial charge is 0.311 e. The third kappa shape index (κ3) is 3.90. The van der Waals surface area contributed by atoms with Crippen LogP contribution in [0.5, 0.6) is 0 Å². The Hall–Kier alpha value is -2.67. The van der Waals surface area contributed by atoms with E-state index in [1.54, 1.807) is 0 Å². The quantitative estimate of drug-likeness (QED) is 0.549. The first-order valence-corrected chi connectivity index (χ1v) is 6.42. The normalized spacial score (nSPS) is 11.9. The fraction of sp³-hybridized carbons (Fsp3) is 0.214. The lowest BCUT2D eigenvalue weighted by Crippen LogP contribution is -2.27. The standard InChI is InChI=1S/C14H16N4O3/c15-14-12(18(20)21)6-7-13(17-14)16-11(9-19)8-10-4-2-1-3-5-10/h1-7,11,19H,8-9H2,(H3,15,16,17). The molecule has 1 aromatic heterocycles. The summed E-state index contributed by atoms with van der Waals surface area (Å²) >= 11 is 0. The maximum Gasteiger partial charge on any atom is 0.311 e. The van der Waals surface area contributed by atoms with Crippen LogP contribution in [0.2, 0.25) is 0 Å². The zero-order valence-corrected chi connectivity index (χ0v) is 11.3. The minimum atomic E-state index is -0.584. The number of nitrogens with zero attached hydrogens (tertiary/aromatic N) is 2. The summed E-state index contributed by atoms with van der Waals surface area (Å²) in [5, 5.41) is 23.1. The van der Waals surface area contributed by atoms with E-state index in [9.17, 15) is 15.2 Å². The number of nitro groups is 1. The summed E-state index contributed by atoms with van der Waals surface area (Å²) in [6.07, 6.45) is 0.607. The molecular formula is C14H16N4O3. The van der Waals surface area contributed by atoms with E-state index in [1.165, 1.54) is 12.1 Å². The largest absolute Gasteiger partial charge is 0.394 e. The number of pyridine rings is 1. The first-order chi connectivity index (χ1) is 10.1. The van der Waals surface area contributed by atoms with Crippen LogP contribution in [-0.4, -0.2) is 27.7 Å². The van der Waals surface area contributed by atoms with Crippen molar-refractivity contribution in [1.29, 1.82) is 0 Å². The molecule has 1 heterocycles. The molecule has 0 saturated carbocycles. The minimum absolute atomic E-state index is 0.0898. The fourth-order valence-electron chi connectivity index (χ4n) is 1.97. The first-order valence-electron chi connectivity index (χ1n) is 6.42. The number of hydrogen-bond acceptors (Lipinski definition) is 6. The van der Waals surface area contributed by atoms with E-state index >= 15 is 0 Å². The van der Waals surface area contributed by atoms with Crippen molar-refractivity contribution < 1.29 is 10.0 Å². The summed E-state index contributed by atoms with van der Waals surface area (Å²) < 4.78 is 0. The Morgan fingerprint density at radius 1 is 1.29 bits per heavy atom. The Bertz CT molecular complexity index is 619. The number of aromatic nitrogens is 1. The molecule has 1 unspecified atom stereocenters. The summed E-state index contributed by atoms with van der Waals surface area (Å²) in [4.78, 5) is 14.0. The molecule has 0 amide bonds. The lowest BCUT2D eigenvalue weighted by Gasteiger charge is -2.17. The summed E-state index contributed by atoms with van der Waals surface area (Å²) in [5.41, 5.74) is 6.37. The van der Waals surface area contributed by atoms with Gasteiger partial charge in [-0.05, 0) is 18.1 Å². The van der Waals surface area contributed by atoms with Crippen LogP contribution in [-0.2, 0) is 6.42 Å². The molecule has 0 aliphatic rings. The molecule has 0 fully saturated rings. The summed E-state index contributed by atoms with van der Waals surface area (Å²) in [6, 6.07) is 12.2. The van der Waals surface area contributed by atoms with Gasteiger partial charge in [-0.2, -0.15) is 0 Å². The van der Waals surface area contributed by atoms with Gasteiger partial charge in [0.1, 0.15) is 5.82 Å². The van der Waals surface area contributed by atoms with E-state index in [1.807, 2.05) is 30.3 Å². The number of nitrogen functional groups attached to an aromatic ring is 1. The average Bonchev–Trinajstić information content (AvgIpc) is 2.47. The van der Waals surface area contributed by atoms with Crippen LogP contribution < -0.4 is 11.1 Å². The maximum atomic E-state index is 10.7. The van der Waals surface area contributed by atoms with E-state index < -0.39 is 4.92 Å². The Labute approximate surface area is 121 Å². The average molecular weight is 288 g/mol. The molecule has 7 heteroatoms. The van der Waals surface area contributed by atoms with Crippen molar-refractivity contribution in [1.82, 2.24) is 4.98 Å². The first kappa shape index (κ1) is 14.7. The zero-order valence-electron chi connectivity index (χ0n) is 11.3. The Balaban J connectivity index is 2.08. The van der Waals surface area contributed by atoms with Crippen molar-refractivity contribution in [3.8, 4) is 0 Å². The van der Waals surface area contributed by atoms with Gasteiger partial charge in [-0.3, -0.25) is 10.1 Å². The molecule has 2 aromatic rings.